The predicted molar refractivity (Wildman–Crippen MR) is 87.7 cm³/mol. The van der Waals surface area contributed by atoms with Crippen LogP contribution in [0.5, 0.6) is 5.75 Å². The number of nitriles is 1. The zero-order valence-electron chi connectivity index (χ0n) is 13.5. The monoisotopic (exact) mass is 332 g/mol. The van der Waals surface area contributed by atoms with Crippen LogP contribution in [0.3, 0.4) is 0 Å². The summed E-state index contributed by atoms with van der Waals surface area (Å²) in [6, 6.07) is 6.20. The average molecular weight is 332 g/mol. The highest BCUT2D eigenvalue weighted by Gasteiger charge is 2.26. The number of hydrogen-bond donors (Lipinski definition) is 1. The van der Waals surface area contributed by atoms with Crippen LogP contribution in [0.2, 0.25) is 0 Å². The van der Waals surface area contributed by atoms with E-state index in [1.54, 1.807) is 0 Å². The van der Waals surface area contributed by atoms with Gasteiger partial charge in [0.2, 0.25) is 5.91 Å². The SMILES string of the molecule is COc1ccc([N+](=O)[O-])cc1NC(=O)C1CCCN(CCC#N)C1. The van der Waals surface area contributed by atoms with Crippen LogP contribution in [0.1, 0.15) is 19.3 Å². The van der Waals surface area contributed by atoms with Crippen LogP contribution >= 0.6 is 0 Å². The molecule has 1 fully saturated rings. The van der Waals surface area contributed by atoms with E-state index >= 15 is 0 Å². The number of non-ortho nitro benzene ring substituents is 1. The van der Waals surface area contributed by atoms with E-state index in [0.29, 0.717) is 30.9 Å². The lowest BCUT2D eigenvalue weighted by Gasteiger charge is -2.31. The molecule has 0 aromatic heterocycles. The van der Waals surface area contributed by atoms with Crippen molar-refractivity contribution < 1.29 is 14.5 Å². The lowest BCUT2D eigenvalue weighted by Crippen LogP contribution is -2.41. The summed E-state index contributed by atoms with van der Waals surface area (Å²) in [6.45, 7) is 2.12. The van der Waals surface area contributed by atoms with Gasteiger partial charge in [-0.25, -0.2) is 0 Å². The second kappa shape index (κ2) is 8.26. The Balaban J connectivity index is 2.07. The third kappa shape index (κ3) is 4.43. The molecule has 1 atom stereocenters. The first-order chi connectivity index (χ1) is 11.5. The van der Waals surface area contributed by atoms with Crippen molar-refractivity contribution in [3.8, 4) is 11.8 Å². The summed E-state index contributed by atoms with van der Waals surface area (Å²) in [5.41, 5.74) is 0.191. The lowest BCUT2D eigenvalue weighted by molar-refractivity contribution is -0.384. The smallest absolute Gasteiger partial charge is 0.271 e. The Morgan fingerprint density at radius 1 is 1.58 bits per heavy atom. The van der Waals surface area contributed by atoms with Crippen LogP contribution in [-0.2, 0) is 4.79 Å². The van der Waals surface area contributed by atoms with Gasteiger partial charge in [-0.1, -0.05) is 0 Å². The molecule has 1 saturated heterocycles. The molecule has 1 aromatic carbocycles. The molecule has 8 nitrogen and oxygen atoms in total. The number of ether oxygens (including phenoxy) is 1. The summed E-state index contributed by atoms with van der Waals surface area (Å²) < 4.78 is 5.16. The van der Waals surface area contributed by atoms with E-state index in [1.807, 2.05) is 0 Å². The second-order valence-corrected chi connectivity index (χ2v) is 5.68. The highest BCUT2D eigenvalue weighted by Crippen LogP contribution is 2.30. The Morgan fingerprint density at radius 3 is 3.04 bits per heavy atom. The maximum Gasteiger partial charge on any atom is 0.271 e. The summed E-state index contributed by atoms with van der Waals surface area (Å²) in [5, 5.41) is 22.3. The standard InChI is InChI=1S/C16H20N4O4/c1-24-15-6-5-13(20(22)23)10-14(15)18-16(21)12-4-2-8-19(11-12)9-3-7-17/h5-6,10,12H,2-4,8-9,11H2,1H3,(H,18,21). The number of nitrogens with zero attached hydrogens (tertiary/aromatic N) is 3. The van der Waals surface area contributed by atoms with Crippen LogP contribution in [0.15, 0.2) is 18.2 Å². The van der Waals surface area contributed by atoms with E-state index in [0.717, 1.165) is 19.4 Å². The van der Waals surface area contributed by atoms with Crippen molar-refractivity contribution >= 4 is 17.3 Å². The normalized spacial score (nSPS) is 17.8. The van der Waals surface area contributed by atoms with Gasteiger partial charge >= 0.3 is 0 Å². The maximum atomic E-state index is 12.5. The molecular formula is C16H20N4O4. The highest BCUT2D eigenvalue weighted by molar-refractivity contribution is 5.94. The average Bonchev–Trinajstić information content (AvgIpc) is 2.60. The molecule has 1 heterocycles. The van der Waals surface area contributed by atoms with Crippen LogP contribution in [0, 0.1) is 27.4 Å². The van der Waals surface area contributed by atoms with Gasteiger partial charge in [-0.2, -0.15) is 5.26 Å². The number of nitro benzene ring substituents is 1. The molecule has 1 aromatic rings. The number of anilines is 1. The van der Waals surface area contributed by atoms with Crippen LogP contribution < -0.4 is 10.1 Å². The molecular weight excluding hydrogens is 312 g/mol. The minimum Gasteiger partial charge on any atom is -0.495 e. The summed E-state index contributed by atoms with van der Waals surface area (Å²) in [7, 11) is 1.45. The molecule has 1 aliphatic rings. The third-order valence-corrected chi connectivity index (χ3v) is 4.07. The number of amides is 1. The zero-order chi connectivity index (χ0) is 17.5. The number of carbonyl (C=O) groups is 1. The molecule has 2 rings (SSSR count). The molecule has 0 spiro atoms. The fraction of sp³-hybridized carbons (Fsp3) is 0.500. The molecule has 1 amide bonds. The van der Waals surface area contributed by atoms with Gasteiger partial charge in [-0.05, 0) is 25.5 Å². The van der Waals surface area contributed by atoms with E-state index in [4.69, 9.17) is 10.00 Å². The van der Waals surface area contributed by atoms with Crippen molar-refractivity contribution in [2.75, 3.05) is 32.1 Å². The highest BCUT2D eigenvalue weighted by atomic mass is 16.6. The third-order valence-electron chi connectivity index (χ3n) is 4.07. The van der Waals surface area contributed by atoms with Crippen molar-refractivity contribution in [1.82, 2.24) is 4.90 Å². The summed E-state index contributed by atoms with van der Waals surface area (Å²) in [6.07, 6.45) is 2.08. The molecule has 8 heteroatoms. The largest absolute Gasteiger partial charge is 0.495 e. The maximum absolute atomic E-state index is 12.5. The van der Waals surface area contributed by atoms with Crippen LogP contribution in [-0.4, -0.2) is 42.5 Å². The van der Waals surface area contributed by atoms with E-state index in [1.165, 1.54) is 25.3 Å². The van der Waals surface area contributed by atoms with Gasteiger partial charge in [0, 0.05) is 31.6 Å². The first-order valence-electron chi connectivity index (χ1n) is 7.77. The van der Waals surface area contributed by atoms with Gasteiger partial charge in [-0.3, -0.25) is 14.9 Å². The molecule has 1 N–H and O–H groups in total. The van der Waals surface area contributed by atoms with Crippen molar-refractivity contribution in [2.45, 2.75) is 19.3 Å². The summed E-state index contributed by atoms with van der Waals surface area (Å²) in [4.78, 5) is 25.0. The Hall–Kier alpha value is -2.66. The number of likely N-dealkylation sites (tertiary alicyclic amines) is 1. The zero-order valence-corrected chi connectivity index (χ0v) is 13.5. The first-order valence-corrected chi connectivity index (χ1v) is 7.77. The van der Waals surface area contributed by atoms with Gasteiger partial charge in [-0.15, -0.1) is 0 Å². The van der Waals surface area contributed by atoms with Crippen LogP contribution in [0.4, 0.5) is 11.4 Å². The summed E-state index contributed by atoms with van der Waals surface area (Å²) in [5.74, 6) is -0.0111. The molecule has 24 heavy (non-hydrogen) atoms. The number of rotatable bonds is 6. The molecule has 0 aliphatic carbocycles. The van der Waals surface area contributed by atoms with Gasteiger partial charge in [0.25, 0.3) is 5.69 Å². The molecule has 128 valence electrons. The predicted octanol–water partition coefficient (Wildman–Crippen LogP) is 2.17. The number of benzene rings is 1. The van der Waals surface area contributed by atoms with Gasteiger partial charge in [0.15, 0.2) is 0 Å². The van der Waals surface area contributed by atoms with Crippen LogP contribution in [0.25, 0.3) is 0 Å². The van der Waals surface area contributed by atoms with E-state index in [9.17, 15) is 14.9 Å². The molecule has 1 unspecified atom stereocenters. The second-order valence-electron chi connectivity index (χ2n) is 5.68. The first kappa shape index (κ1) is 17.7. The lowest BCUT2D eigenvalue weighted by atomic mass is 9.97. The Bertz CT molecular complexity index is 656. The van der Waals surface area contributed by atoms with Crippen molar-refractivity contribution in [3.05, 3.63) is 28.3 Å². The quantitative estimate of drug-likeness (QED) is 0.631. The van der Waals surface area contributed by atoms with Crippen molar-refractivity contribution in [3.63, 3.8) is 0 Å². The number of carbonyl (C=O) groups excluding carboxylic acids is 1. The van der Waals surface area contributed by atoms with E-state index in [-0.39, 0.29) is 17.5 Å². The Kier molecular flexibility index (Phi) is 6.09. The van der Waals surface area contributed by atoms with E-state index in [2.05, 4.69) is 16.3 Å². The number of hydrogen-bond acceptors (Lipinski definition) is 6. The number of piperidine rings is 1. The topological polar surface area (TPSA) is 108 Å². The molecule has 1 aliphatic heterocycles. The Labute approximate surface area is 140 Å². The number of nitrogens with one attached hydrogen (secondary N) is 1. The Morgan fingerprint density at radius 2 is 2.38 bits per heavy atom. The number of nitro groups is 1. The van der Waals surface area contributed by atoms with Crippen molar-refractivity contribution in [1.29, 1.82) is 5.26 Å². The van der Waals surface area contributed by atoms with Crippen molar-refractivity contribution in [2.24, 2.45) is 5.92 Å². The number of methoxy groups -OCH3 is 1. The fourth-order valence-corrected chi connectivity index (χ4v) is 2.82. The minimum atomic E-state index is -0.515. The molecule has 0 radical (unpaired) electrons. The molecule has 0 bridgehead atoms. The van der Waals surface area contributed by atoms with E-state index < -0.39 is 4.92 Å². The summed E-state index contributed by atoms with van der Waals surface area (Å²) >= 11 is 0. The van der Waals surface area contributed by atoms with Gasteiger partial charge < -0.3 is 15.0 Å². The van der Waals surface area contributed by atoms with Gasteiger partial charge in [0.05, 0.1) is 29.7 Å². The minimum absolute atomic E-state index is 0.106. The van der Waals surface area contributed by atoms with Gasteiger partial charge in [0.1, 0.15) is 5.75 Å². The molecule has 0 saturated carbocycles. The fourth-order valence-electron chi connectivity index (χ4n) is 2.82.